The van der Waals surface area contributed by atoms with Crippen LogP contribution < -0.4 is 0 Å². The highest BCUT2D eigenvalue weighted by atomic mass is 79.9. The number of aliphatic hydroxyl groups is 1. The molecule has 1 rings (SSSR count). The molecule has 0 aliphatic carbocycles. The lowest BCUT2D eigenvalue weighted by atomic mass is 10.2. The molecule has 0 aromatic heterocycles. The second-order valence-corrected chi connectivity index (χ2v) is 5.25. The zero-order chi connectivity index (χ0) is 13.2. The first-order valence-electron chi connectivity index (χ1n) is 6.26. The van der Waals surface area contributed by atoms with E-state index in [0.717, 1.165) is 23.9 Å². The van der Waals surface area contributed by atoms with Crippen LogP contribution in [0.25, 0.3) is 0 Å². The standard InChI is InChI=1S/C14H22BrNO2/c1-16(9-5-8-15)10-14(17)12-18-11-13-6-3-2-4-7-13/h2-4,6-7,14,17H,5,8-12H2,1H3/t14-/m1/s1. The number of rotatable bonds is 9. The lowest BCUT2D eigenvalue weighted by Gasteiger charge is -2.20. The van der Waals surface area contributed by atoms with Crippen LogP contribution in [0.5, 0.6) is 0 Å². The number of aliphatic hydroxyl groups excluding tert-OH is 1. The fraction of sp³-hybridized carbons (Fsp3) is 0.571. The van der Waals surface area contributed by atoms with E-state index in [1.54, 1.807) is 0 Å². The van der Waals surface area contributed by atoms with Crippen LogP contribution in [0.3, 0.4) is 0 Å². The molecule has 0 bridgehead atoms. The van der Waals surface area contributed by atoms with Gasteiger partial charge in [0, 0.05) is 11.9 Å². The summed E-state index contributed by atoms with van der Waals surface area (Å²) in [5, 5.41) is 10.8. The molecule has 0 saturated heterocycles. The Bertz CT molecular complexity index is 308. The van der Waals surface area contributed by atoms with Crippen molar-refractivity contribution in [2.75, 3.05) is 32.1 Å². The van der Waals surface area contributed by atoms with Gasteiger partial charge in [0.15, 0.2) is 0 Å². The average molecular weight is 316 g/mol. The third kappa shape index (κ3) is 7.11. The van der Waals surface area contributed by atoms with E-state index in [1.807, 2.05) is 37.4 Å². The number of halogens is 1. The Balaban J connectivity index is 2.11. The molecule has 1 atom stereocenters. The number of hydrogen-bond donors (Lipinski definition) is 1. The zero-order valence-corrected chi connectivity index (χ0v) is 12.5. The van der Waals surface area contributed by atoms with Crippen molar-refractivity contribution in [2.45, 2.75) is 19.1 Å². The van der Waals surface area contributed by atoms with Crippen molar-refractivity contribution in [2.24, 2.45) is 0 Å². The maximum atomic E-state index is 9.82. The molecule has 4 heteroatoms. The molecular weight excluding hydrogens is 294 g/mol. The summed E-state index contributed by atoms with van der Waals surface area (Å²) in [6.07, 6.45) is 0.669. The minimum absolute atomic E-state index is 0.382. The van der Waals surface area contributed by atoms with E-state index in [4.69, 9.17) is 4.74 Å². The Kier molecular flexibility index (Phi) is 8.25. The number of nitrogens with zero attached hydrogens (tertiary/aromatic N) is 1. The topological polar surface area (TPSA) is 32.7 Å². The first-order valence-corrected chi connectivity index (χ1v) is 7.38. The lowest BCUT2D eigenvalue weighted by Crippen LogP contribution is -2.32. The highest BCUT2D eigenvalue weighted by molar-refractivity contribution is 9.09. The summed E-state index contributed by atoms with van der Waals surface area (Å²) in [4.78, 5) is 2.12. The van der Waals surface area contributed by atoms with Gasteiger partial charge in [0.1, 0.15) is 0 Å². The maximum absolute atomic E-state index is 9.82. The molecule has 18 heavy (non-hydrogen) atoms. The fourth-order valence-corrected chi connectivity index (χ4v) is 1.97. The number of alkyl halides is 1. The molecule has 0 fully saturated rings. The molecular formula is C14H22BrNO2. The third-order valence-corrected chi connectivity index (χ3v) is 3.18. The van der Waals surface area contributed by atoms with Crippen molar-refractivity contribution in [3.63, 3.8) is 0 Å². The molecule has 0 heterocycles. The molecule has 0 radical (unpaired) electrons. The summed E-state index contributed by atoms with van der Waals surface area (Å²) >= 11 is 3.40. The largest absolute Gasteiger partial charge is 0.389 e. The molecule has 0 amide bonds. The van der Waals surface area contributed by atoms with Crippen LogP contribution in [0.1, 0.15) is 12.0 Å². The van der Waals surface area contributed by atoms with Gasteiger partial charge in [0.2, 0.25) is 0 Å². The van der Waals surface area contributed by atoms with Crippen molar-refractivity contribution in [1.82, 2.24) is 4.90 Å². The number of ether oxygens (including phenoxy) is 1. The summed E-state index contributed by atoms with van der Waals surface area (Å²) in [5.41, 5.74) is 1.14. The molecule has 0 aliphatic heterocycles. The third-order valence-electron chi connectivity index (χ3n) is 2.62. The summed E-state index contributed by atoms with van der Waals surface area (Å²) < 4.78 is 5.50. The summed E-state index contributed by atoms with van der Waals surface area (Å²) in [7, 11) is 2.02. The van der Waals surface area contributed by atoms with Crippen LogP contribution in [-0.2, 0) is 11.3 Å². The maximum Gasteiger partial charge on any atom is 0.0900 e. The van der Waals surface area contributed by atoms with Crippen molar-refractivity contribution in [3.8, 4) is 0 Å². The van der Waals surface area contributed by atoms with Crippen molar-refractivity contribution in [3.05, 3.63) is 35.9 Å². The highest BCUT2D eigenvalue weighted by Crippen LogP contribution is 2.01. The summed E-state index contributed by atoms with van der Waals surface area (Å²) in [6, 6.07) is 10.0. The normalized spacial score (nSPS) is 12.9. The zero-order valence-electron chi connectivity index (χ0n) is 10.9. The Morgan fingerprint density at radius 1 is 1.33 bits per heavy atom. The van der Waals surface area contributed by atoms with Crippen molar-refractivity contribution >= 4 is 15.9 Å². The van der Waals surface area contributed by atoms with Crippen molar-refractivity contribution in [1.29, 1.82) is 0 Å². The van der Waals surface area contributed by atoms with Gasteiger partial charge >= 0.3 is 0 Å². The van der Waals surface area contributed by atoms with E-state index in [9.17, 15) is 5.11 Å². The van der Waals surface area contributed by atoms with Gasteiger partial charge in [-0.2, -0.15) is 0 Å². The average Bonchev–Trinajstić information content (AvgIpc) is 2.37. The van der Waals surface area contributed by atoms with Crippen LogP contribution in [-0.4, -0.2) is 48.2 Å². The molecule has 0 aliphatic rings. The van der Waals surface area contributed by atoms with E-state index < -0.39 is 6.10 Å². The van der Waals surface area contributed by atoms with Gasteiger partial charge in [0.25, 0.3) is 0 Å². The Hall–Kier alpha value is -0.420. The van der Waals surface area contributed by atoms with Gasteiger partial charge in [-0.05, 0) is 25.6 Å². The SMILES string of the molecule is CN(CCCBr)C[C@@H](O)COCc1ccccc1. The molecule has 1 N–H and O–H groups in total. The lowest BCUT2D eigenvalue weighted by molar-refractivity contribution is 0.0138. The van der Waals surface area contributed by atoms with Crippen LogP contribution in [0, 0.1) is 0 Å². The van der Waals surface area contributed by atoms with E-state index in [-0.39, 0.29) is 0 Å². The Morgan fingerprint density at radius 3 is 2.72 bits per heavy atom. The van der Waals surface area contributed by atoms with Crippen LogP contribution >= 0.6 is 15.9 Å². The molecule has 0 saturated carbocycles. The number of benzene rings is 1. The molecule has 1 aromatic rings. The molecule has 1 aromatic carbocycles. The first-order chi connectivity index (χ1) is 8.72. The molecule has 3 nitrogen and oxygen atoms in total. The predicted octanol–water partition coefficient (Wildman–Crippen LogP) is 2.28. The Labute approximate surface area is 118 Å². The van der Waals surface area contributed by atoms with Gasteiger partial charge in [0.05, 0.1) is 19.3 Å². The highest BCUT2D eigenvalue weighted by Gasteiger charge is 2.08. The van der Waals surface area contributed by atoms with Gasteiger partial charge in [-0.1, -0.05) is 46.3 Å². The Morgan fingerprint density at radius 2 is 2.06 bits per heavy atom. The van der Waals surface area contributed by atoms with Gasteiger partial charge < -0.3 is 14.7 Å². The first kappa shape index (κ1) is 15.6. The smallest absolute Gasteiger partial charge is 0.0900 e. The molecule has 102 valence electrons. The van der Waals surface area contributed by atoms with Gasteiger partial charge in [-0.3, -0.25) is 0 Å². The quantitative estimate of drug-likeness (QED) is 0.710. The minimum Gasteiger partial charge on any atom is -0.389 e. The van der Waals surface area contributed by atoms with E-state index in [1.165, 1.54) is 0 Å². The van der Waals surface area contributed by atoms with Crippen LogP contribution in [0.15, 0.2) is 30.3 Å². The van der Waals surface area contributed by atoms with E-state index in [0.29, 0.717) is 19.8 Å². The van der Waals surface area contributed by atoms with E-state index >= 15 is 0 Å². The van der Waals surface area contributed by atoms with Crippen LogP contribution in [0.4, 0.5) is 0 Å². The van der Waals surface area contributed by atoms with Crippen molar-refractivity contribution < 1.29 is 9.84 Å². The fourth-order valence-electron chi connectivity index (χ4n) is 1.72. The minimum atomic E-state index is -0.422. The predicted molar refractivity (Wildman–Crippen MR) is 78.0 cm³/mol. The van der Waals surface area contributed by atoms with E-state index in [2.05, 4.69) is 20.8 Å². The van der Waals surface area contributed by atoms with Gasteiger partial charge in [-0.15, -0.1) is 0 Å². The second-order valence-electron chi connectivity index (χ2n) is 4.46. The number of likely N-dealkylation sites (N-methyl/N-ethyl adjacent to an activating group) is 1. The summed E-state index contributed by atoms with van der Waals surface area (Å²) in [5.74, 6) is 0. The molecule has 0 unspecified atom stereocenters. The summed E-state index contributed by atoms with van der Waals surface area (Å²) in [6.45, 7) is 2.58. The number of hydrogen-bond acceptors (Lipinski definition) is 3. The van der Waals surface area contributed by atoms with Crippen LogP contribution in [0.2, 0.25) is 0 Å². The monoisotopic (exact) mass is 315 g/mol. The second kappa shape index (κ2) is 9.50. The van der Waals surface area contributed by atoms with Gasteiger partial charge in [-0.25, -0.2) is 0 Å². The molecule has 0 spiro atoms.